The van der Waals surface area contributed by atoms with Gasteiger partial charge in [-0.1, -0.05) is 0 Å². The summed E-state index contributed by atoms with van der Waals surface area (Å²) in [6, 6.07) is 0. The summed E-state index contributed by atoms with van der Waals surface area (Å²) in [4.78, 5) is 0. The van der Waals surface area contributed by atoms with E-state index in [1.54, 1.807) is 0 Å². The van der Waals surface area contributed by atoms with Crippen LogP contribution in [0.15, 0.2) is 0 Å². The van der Waals surface area contributed by atoms with Crippen LogP contribution in [0.1, 0.15) is 0 Å². The van der Waals surface area contributed by atoms with Gasteiger partial charge in [-0.15, -0.1) is 0 Å². The minimum Gasteiger partial charge on any atom is 2.00 e. The summed E-state index contributed by atoms with van der Waals surface area (Å²) >= 11 is 3.77. The number of hydrogen-bond acceptors (Lipinski definition) is 1. The molecule has 4 heavy (non-hydrogen) atoms. The largest absolute Gasteiger partial charge is 2.00 e. The van der Waals surface area contributed by atoms with Crippen LogP contribution in [0.3, 0.4) is 0 Å². The molecule has 0 aliphatic rings. The van der Waals surface area contributed by atoms with Gasteiger partial charge >= 0.3 is 44.4 Å². The number of rotatable bonds is 0. The minimum absolute atomic E-state index is 0. The van der Waals surface area contributed by atoms with Crippen molar-refractivity contribution in [1.82, 2.24) is 0 Å². The van der Waals surface area contributed by atoms with Gasteiger partial charge in [-0.05, 0) is 0 Å². The smallest absolute Gasteiger partial charge is 2.00 e. The van der Waals surface area contributed by atoms with E-state index in [2.05, 4.69) is 24.9 Å². The molecule has 0 aromatic carbocycles. The Hall–Kier alpha value is 1.71. The normalized spacial score (nSPS) is 1.50. The summed E-state index contributed by atoms with van der Waals surface area (Å²) in [5, 5.41) is 0. The van der Waals surface area contributed by atoms with Crippen LogP contribution in [-0.4, -0.2) is 0 Å². The van der Waals surface area contributed by atoms with E-state index in [9.17, 15) is 0 Å². The first-order valence-electron chi connectivity index (χ1n) is 0.123. The molecule has 0 rings (SSSR count). The van der Waals surface area contributed by atoms with E-state index >= 15 is 0 Å². The van der Waals surface area contributed by atoms with Gasteiger partial charge in [0.1, 0.15) is 0 Å². The summed E-state index contributed by atoms with van der Waals surface area (Å²) < 4.78 is 0. The van der Waals surface area contributed by atoms with Crippen molar-refractivity contribution in [3.05, 3.63) is 0 Å². The van der Waals surface area contributed by atoms with Gasteiger partial charge in [-0.3, -0.25) is 0 Å². The van der Waals surface area contributed by atoms with Gasteiger partial charge < -0.3 is 13.5 Å². The molecule has 0 radical (unpaired) electrons. The molecule has 0 nitrogen and oxygen atoms in total. The average molecular weight is 193 g/mol. The molecule has 0 aliphatic heterocycles. The third-order valence-corrected chi connectivity index (χ3v) is 0. The summed E-state index contributed by atoms with van der Waals surface area (Å²) in [6.07, 6.45) is 0. The van der Waals surface area contributed by atoms with Crippen molar-refractivity contribution in [2.24, 2.45) is 0 Å². The van der Waals surface area contributed by atoms with Crippen molar-refractivity contribution in [2.75, 3.05) is 0 Å². The molecule has 0 fully saturated rings. The Morgan fingerprint density at radius 1 is 1.25 bits per heavy atom. The summed E-state index contributed by atoms with van der Waals surface area (Å²) in [5.74, 6) is 0. The van der Waals surface area contributed by atoms with Gasteiger partial charge in [0.15, 0.2) is 0 Å². The fraction of sp³-hybridized carbons (Fsp3) is 0. The molecule has 4 heteroatoms. The predicted molar refractivity (Wildman–Crippen MR) is 15.0 cm³/mol. The van der Waals surface area contributed by atoms with Gasteiger partial charge in [0.25, 0.3) is 0 Å². The maximum atomic E-state index is 3.77. The molecule has 0 atom stereocenters. The van der Waals surface area contributed by atoms with Crippen LogP contribution >= 0.6 is 10.6 Å². The number of hydrogen-bond donors (Lipinski definition) is 0. The van der Waals surface area contributed by atoms with Crippen molar-refractivity contribution in [2.45, 2.75) is 0 Å². The molecule has 25 valence electrons. The Bertz CT molecular complexity index is 6.00. The molecular weight excluding hydrogens is 193 g/mol. The zero-order valence-electron chi connectivity index (χ0n) is 1.83. The maximum absolute atomic E-state index is 3.77. The molecule has 0 aromatic rings. The van der Waals surface area contributed by atoms with E-state index in [1.807, 2.05) is 0 Å². The van der Waals surface area contributed by atoms with Crippen molar-refractivity contribution < 1.29 is 33.9 Å². The van der Waals surface area contributed by atoms with Crippen LogP contribution in [0.4, 0.5) is 0 Å². The van der Waals surface area contributed by atoms with Crippen molar-refractivity contribution in [3.8, 4) is 0 Å². The van der Waals surface area contributed by atoms with Gasteiger partial charge in [0.2, 0.25) is 0 Å². The fourth-order valence-corrected chi connectivity index (χ4v) is 0. The molecule has 0 saturated carbocycles. The van der Waals surface area contributed by atoms with E-state index in [1.165, 1.54) is 0 Å². The van der Waals surface area contributed by atoms with Crippen LogP contribution in [0, 0.1) is 0 Å². The van der Waals surface area contributed by atoms with Gasteiger partial charge in [0, 0.05) is 0 Å². The first-order chi connectivity index (χ1) is 1.00. The zero-order chi connectivity index (χ0) is 2.00. The van der Waals surface area contributed by atoms with Crippen molar-refractivity contribution in [3.63, 3.8) is 0 Å². The summed E-state index contributed by atoms with van der Waals surface area (Å²) in [5.41, 5.74) is 0. The van der Waals surface area contributed by atoms with E-state index in [-0.39, 0.29) is 33.0 Å². The van der Waals surface area contributed by atoms with E-state index in [4.69, 9.17) is 0 Å². The second-order valence-electron chi connectivity index (χ2n) is 0. The van der Waals surface area contributed by atoms with Crippen molar-refractivity contribution in [1.29, 1.82) is 0 Å². The molecule has 0 saturated heterocycles. The summed E-state index contributed by atoms with van der Waals surface area (Å²) in [6.45, 7) is 0. The van der Waals surface area contributed by atoms with Crippen LogP contribution in [0.5, 0.6) is 0 Å². The molecule has 0 heterocycles. The van der Waals surface area contributed by atoms with Gasteiger partial charge in [-0.25, -0.2) is 0 Å². The van der Waals surface area contributed by atoms with Gasteiger partial charge in [0.05, 0.1) is 0 Å². The molecule has 0 amide bonds. The minimum atomic E-state index is 0. The first kappa shape index (κ1) is 17.2. The Morgan fingerprint density at radius 3 is 1.25 bits per heavy atom. The van der Waals surface area contributed by atoms with E-state index < -0.39 is 0 Å². The Labute approximate surface area is 57.6 Å². The molecule has 0 unspecified atom stereocenters. The molecular formula is CuS2Zn. The average Bonchev–Trinajstić information content (AvgIpc) is 1.00. The molecule has 0 N–H and O–H groups in total. The van der Waals surface area contributed by atoms with Crippen LogP contribution in [0.2, 0.25) is 0 Å². The second-order valence-corrected chi connectivity index (χ2v) is 0. The Morgan fingerprint density at radius 2 is 1.25 bits per heavy atom. The second kappa shape index (κ2) is 22.1. The topological polar surface area (TPSA) is 0 Å². The van der Waals surface area contributed by atoms with Gasteiger partial charge in [-0.2, -0.15) is 0 Å². The fourth-order valence-electron chi connectivity index (χ4n) is 0. The van der Waals surface area contributed by atoms with E-state index in [0.29, 0.717) is 0 Å². The predicted octanol–water partition coefficient (Wildman–Crippen LogP) is 0.641. The third kappa shape index (κ3) is 9.31. The molecule has 0 spiro atoms. The first-order valence-corrected chi connectivity index (χ1v) is 1.52. The SMILES string of the molecule is [S-2].[S]=[Cu].[Zn+2]. The third-order valence-electron chi connectivity index (χ3n) is 0. The zero-order valence-corrected chi connectivity index (χ0v) is 7.37. The van der Waals surface area contributed by atoms with Crippen LogP contribution < -0.4 is 0 Å². The van der Waals surface area contributed by atoms with Crippen molar-refractivity contribution >= 4 is 24.0 Å². The molecule has 0 aliphatic carbocycles. The summed E-state index contributed by atoms with van der Waals surface area (Å²) in [7, 11) is 3.65. The monoisotopic (exact) mass is 191 g/mol. The maximum Gasteiger partial charge on any atom is 2.00 e. The Balaban J connectivity index is -0.00000000500. The quantitative estimate of drug-likeness (QED) is 0.509. The molecule has 0 aromatic heterocycles. The molecule has 0 bridgehead atoms. The van der Waals surface area contributed by atoms with Crippen LogP contribution in [0.25, 0.3) is 0 Å². The standard InChI is InChI=1S/Cu.2S.Zn/q;;-2;+2. The Kier molecular flexibility index (Phi) is 95.4. The van der Waals surface area contributed by atoms with Crippen LogP contribution in [-0.2, 0) is 47.4 Å². The van der Waals surface area contributed by atoms with E-state index in [0.717, 1.165) is 0 Å².